The van der Waals surface area contributed by atoms with Crippen molar-refractivity contribution in [3.05, 3.63) is 51.9 Å². The van der Waals surface area contributed by atoms with E-state index in [4.69, 9.17) is 11.5 Å². The summed E-state index contributed by atoms with van der Waals surface area (Å²) in [5.41, 5.74) is 12.3. The van der Waals surface area contributed by atoms with E-state index in [1.165, 1.54) is 18.3 Å². The summed E-state index contributed by atoms with van der Waals surface area (Å²) in [6, 6.07) is 6.11. The summed E-state index contributed by atoms with van der Waals surface area (Å²) < 4.78 is 2.87. The molecule has 0 spiro atoms. The zero-order chi connectivity index (χ0) is 23.5. The third-order valence-electron chi connectivity index (χ3n) is 5.65. The zero-order valence-electron chi connectivity index (χ0n) is 18.3. The number of ketones is 1. The molecule has 4 N–H and O–H groups in total. The number of nitrogens with two attached hydrogens (primary N) is 2. The molecule has 0 bridgehead atoms. The van der Waals surface area contributed by atoms with Crippen molar-refractivity contribution in [3.8, 4) is 11.8 Å². The molecular weight excluding hydrogens is 422 g/mol. The highest BCUT2D eigenvalue weighted by atomic mass is 16.2. The summed E-state index contributed by atoms with van der Waals surface area (Å²) in [4.78, 5) is 44.3. The molecule has 10 nitrogen and oxygen atoms in total. The minimum absolute atomic E-state index is 0.0350. The van der Waals surface area contributed by atoms with Gasteiger partial charge in [-0.05, 0) is 31.9 Å². The van der Waals surface area contributed by atoms with Crippen LogP contribution >= 0.6 is 0 Å². The number of benzene rings is 1. The van der Waals surface area contributed by atoms with E-state index in [0.717, 1.165) is 24.1 Å². The van der Waals surface area contributed by atoms with Crippen molar-refractivity contribution in [2.24, 2.45) is 11.5 Å². The van der Waals surface area contributed by atoms with Crippen molar-refractivity contribution >= 4 is 28.7 Å². The number of carbonyl (C=O) groups is 2. The second kappa shape index (κ2) is 9.26. The normalized spacial score (nSPS) is 15.8. The van der Waals surface area contributed by atoms with Crippen molar-refractivity contribution in [3.63, 3.8) is 0 Å². The molecule has 4 rings (SSSR count). The van der Waals surface area contributed by atoms with Crippen LogP contribution in [0.4, 0.5) is 5.95 Å². The number of carbonyl (C=O) groups excluding carboxylic acids is 2. The molecule has 1 aliphatic rings. The molecule has 1 unspecified atom stereocenters. The van der Waals surface area contributed by atoms with Crippen molar-refractivity contribution in [2.75, 3.05) is 18.0 Å². The van der Waals surface area contributed by atoms with E-state index < -0.39 is 11.5 Å². The number of hydrogen-bond acceptors (Lipinski definition) is 7. The molecule has 0 saturated carbocycles. The Kier molecular flexibility index (Phi) is 6.24. The summed E-state index contributed by atoms with van der Waals surface area (Å²) in [5.74, 6) is 5.48. The number of hydrogen-bond donors (Lipinski definition) is 2. The molecule has 1 amide bonds. The minimum atomic E-state index is -0.632. The number of imidazole rings is 1. The van der Waals surface area contributed by atoms with Gasteiger partial charge in [-0.15, -0.1) is 5.92 Å². The first-order chi connectivity index (χ1) is 15.9. The summed E-state index contributed by atoms with van der Waals surface area (Å²) in [7, 11) is 0. The van der Waals surface area contributed by atoms with Crippen LogP contribution in [0.1, 0.15) is 40.5 Å². The highest BCUT2D eigenvalue weighted by Gasteiger charge is 2.24. The SMILES string of the molecule is CC#CCn1c(N2CCCC(N)C2)nc2cnn(CC(=O)c3cccc(C(N)=O)c3)c(=O)c21. The molecule has 170 valence electrons. The fourth-order valence-electron chi connectivity index (χ4n) is 4.00. The van der Waals surface area contributed by atoms with Crippen LogP contribution < -0.4 is 21.9 Å². The van der Waals surface area contributed by atoms with E-state index in [1.807, 2.05) is 0 Å². The van der Waals surface area contributed by atoms with E-state index in [0.29, 0.717) is 23.5 Å². The molecule has 10 heteroatoms. The molecule has 0 aliphatic carbocycles. The predicted octanol–water partition coefficient (Wildman–Crippen LogP) is 0.526. The molecule has 1 atom stereocenters. The molecule has 1 saturated heterocycles. The monoisotopic (exact) mass is 447 g/mol. The van der Waals surface area contributed by atoms with Crippen LogP contribution in [-0.4, -0.2) is 50.2 Å². The first-order valence-corrected chi connectivity index (χ1v) is 10.7. The first-order valence-electron chi connectivity index (χ1n) is 10.7. The number of fused-ring (bicyclic) bond motifs is 1. The van der Waals surface area contributed by atoms with Crippen molar-refractivity contribution < 1.29 is 9.59 Å². The van der Waals surface area contributed by atoms with Gasteiger partial charge in [-0.25, -0.2) is 9.67 Å². The lowest BCUT2D eigenvalue weighted by atomic mass is 10.1. The van der Waals surface area contributed by atoms with Crippen LogP contribution in [0, 0.1) is 11.8 Å². The number of Topliss-reactive ketones (excluding diaryl/α,β-unsaturated/α-hetero) is 1. The maximum Gasteiger partial charge on any atom is 0.293 e. The van der Waals surface area contributed by atoms with E-state index in [2.05, 4.69) is 26.8 Å². The van der Waals surface area contributed by atoms with Crippen LogP contribution in [0.3, 0.4) is 0 Å². The van der Waals surface area contributed by atoms with E-state index >= 15 is 0 Å². The van der Waals surface area contributed by atoms with E-state index in [9.17, 15) is 14.4 Å². The topological polar surface area (TPSA) is 142 Å². The van der Waals surface area contributed by atoms with Crippen molar-refractivity contribution in [1.29, 1.82) is 0 Å². The van der Waals surface area contributed by atoms with Gasteiger partial charge in [-0.2, -0.15) is 5.10 Å². The predicted molar refractivity (Wildman–Crippen MR) is 124 cm³/mol. The standard InChI is InChI=1S/C23H25N7O3/c1-2-3-10-29-20-18(27-23(29)28-9-5-8-17(24)13-28)12-26-30(22(20)33)14-19(31)15-6-4-7-16(11-15)21(25)32/h4,6-7,11-12,17H,5,8-10,13-14,24H2,1H3,(H2,25,32). The fraction of sp³-hybridized carbons (Fsp3) is 0.348. The van der Waals surface area contributed by atoms with Crippen LogP contribution in [0.2, 0.25) is 0 Å². The van der Waals surface area contributed by atoms with E-state index in [-0.39, 0.29) is 36.0 Å². The number of piperidine rings is 1. The van der Waals surface area contributed by atoms with Crippen LogP contribution in [0.5, 0.6) is 0 Å². The number of aromatic nitrogens is 4. The molecule has 1 aromatic carbocycles. The van der Waals surface area contributed by atoms with Gasteiger partial charge in [0.15, 0.2) is 5.78 Å². The lowest BCUT2D eigenvalue weighted by molar-refractivity contribution is 0.0966. The number of anilines is 1. The Labute approximate surface area is 190 Å². The second-order valence-electron chi connectivity index (χ2n) is 7.98. The lowest BCUT2D eigenvalue weighted by Crippen LogP contribution is -2.44. The molecule has 1 fully saturated rings. The number of primary amides is 1. The lowest BCUT2D eigenvalue weighted by Gasteiger charge is -2.31. The third kappa shape index (κ3) is 4.49. The summed E-state index contributed by atoms with van der Waals surface area (Å²) >= 11 is 0. The minimum Gasteiger partial charge on any atom is -0.366 e. The average Bonchev–Trinajstić information content (AvgIpc) is 3.18. The summed E-state index contributed by atoms with van der Waals surface area (Å²) in [6.07, 6.45) is 3.36. The first kappa shape index (κ1) is 22.2. The van der Waals surface area contributed by atoms with Gasteiger partial charge in [0.25, 0.3) is 5.56 Å². The molecule has 0 radical (unpaired) electrons. The highest BCUT2D eigenvalue weighted by Crippen LogP contribution is 2.23. The molecule has 33 heavy (non-hydrogen) atoms. The van der Waals surface area contributed by atoms with Gasteiger partial charge in [0.2, 0.25) is 11.9 Å². The van der Waals surface area contributed by atoms with Gasteiger partial charge in [-0.3, -0.25) is 19.0 Å². The van der Waals surface area contributed by atoms with Crippen LogP contribution in [-0.2, 0) is 13.1 Å². The van der Waals surface area contributed by atoms with Gasteiger partial charge < -0.3 is 16.4 Å². The second-order valence-corrected chi connectivity index (χ2v) is 7.98. The van der Waals surface area contributed by atoms with Gasteiger partial charge in [0.1, 0.15) is 17.6 Å². The van der Waals surface area contributed by atoms with Crippen LogP contribution in [0.25, 0.3) is 11.0 Å². The van der Waals surface area contributed by atoms with Crippen molar-refractivity contribution in [2.45, 2.75) is 38.9 Å². The molecular formula is C23H25N7O3. The molecule has 3 heterocycles. The zero-order valence-corrected chi connectivity index (χ0v) is 18.3. The summed E-state index contributed by atoms with van der Waals surface area (Å²) in [6.45, 7) is 3.15. The Morgan fingerprint density at radius 1 is 1.27 bits per heavy atom. The Hall–Kier alpha value is -3.97. The maximum atomic E-state index is 13.3. The largest absolute Gasteiger partial charge is 0.366 e. The Morgan fingerprint density at radius 2 is 2.06 bits per heavy atom. The highest BCUT2D eigenvalue weighted by molar-refractivity contribution is 6.00. The van der Waals surface area contributed by atoms with Gasteiger partial charge in [0.05, 0.1) is 12.7 Å². The maximum absolute atomic E-state index is 13.3. The molecule has 1 aliphatic heterocycles. The quantitative estimate of drug-likeness (QED) is 0.414. The Bertz CT molecular complexity index is 1350. The van der Waals surface area contributed by atoms with Gasteiger partial charge in [-0.1, -0.05) is 18.1 Å². The van der Waals surface area contributed by atoms with Gasteiger partial charge >= 0.3 is 0 Å². The smallest absolute Gasteiger partial charge is 0.293 e. The van der Waals surface area contributed by atoms with Gasteiger partial charge in [0, 0.05) is 30.3 Å². The van der Waals surface area contributed by atoms with E-state index in [1.54, 1.807) is 23.6 Å². The molecule has 2 aromatic heterocycles. The fourth-order valence-corrected chi connectivity index (χ4v) is 4.00. The Morgan fingerprint density at radius 3 is 2.79 bits per heavy atom. The average molecular weight is 447 g/mol. The third-order valence-corrected chi connectivity index (χ3v) is 5.65. The number of rotatable bonds is 6. The molecule has 3 aromatic rings. The van der Waals surface area contributed by atoms with Crippen molar-refractivity contribution in [1.82, 2.24) is 19.3 Å². The summed E-state index contributed by atoms with van der Waals surface area (Å²) in [5, 5.41) is 4.16. The Balaban J connectivity index is 1.73. The number of amides is 1. The van der Waals surface area contributed by atoms with Crippen LogP contribution in [0.15, 0.2) is 35.3 Å². The number of nitrogens with zero attached hydrogens (tertiary/aromatic N) is 5.